The zero-order valence-corrected chi connectivity index (χ0v) is 17.0. The van der Waals surface area contributed by atoms with E-state index in [1.807, 2.05) is 6.07 Å². The van der Waals surface area contributed by atoms with Crippen LogP contribution in [0.15, 0.2) is 29.3 Å². The maximum atomic E-state index is 4.83. The van der Waals surface area contributed by atoms with Crippen molar-refractivity contribution < 1.29 is 0 Å². The summed E-state index contributed by atoms with van der Waals surface area (Å²) < 4.78 is 2.30. The number of nitrogens with zero attached hydrogens (tertiary/aromatic N) is 4. The van der Waals surface area contributed by atoms with Gasteiger partial charge in [0.1, 0.15) is 5.82 Å². The number of aromatic nitrogens is 2. The van der Waals surface area contributed by atoms with Crippen molar-refractivity contribution in [3.8, 4) is 0 Å². The Labute approximate surface area is 163 Å². The monoisotopic (exact) mass is 370 g/mol. The van der Waals surface area contributed by atoms with Gasteiger partial charge in [-0.15, -0.1) is 0 Å². The Morgan fingerprint density at radius 3 is 2.93 bits per heavy atom. The minimum Gasteiger partial charge on any atom is -0.357 e. The minimum absolute atomic E-state index is 0.602. The molecule has 148 valence electrons. The van der Waals surface area contributed by atoms with Crippen LogP contribution in [0.3, 0.4) is 0 Å². The van der Waals surface area contributed by atoms with Gasteiger partial charge in [0, 0.05) is 25.7 Å². The highest BCUT2D eigenvalue weighted by atomic mass is 15.2. The van der Waals surface area contributed by atoms with Crippen LogP contribution in [0.1, 0.15) is 38.9 Å². The molecule has 2 N–H and O–H groups in total. The van der Waals surface area contributed by atoms with Gasteiger partial charge in [0.05, 0.1) is 17.6 Å². The van der Waals surface area contributed by atoms with Crippen molar-refractivity contribution in [2.24, 2.45) is 4.99 Å². The molecule has 1 unspecified atom stereocenters. The predicted octanol–water partition coefficient (Wildman–Crippen LogP) is 2.77. The highest BCUT2D eigenvalue weighted by Gasteiger charge is 2.22. The lowest BCUT2D eigenvalue weighted by Crippen LogP contribution is -2.39. The van der Waals surface area contributed by atoms with Crippen LogP contribution in [-0.2, 0) is 6.54 Å². The Kier molecular flexibility index (Phi) is 7.10. The quantitative estimate of drug-likeness (QED) is 0.426. The van der Waals surface area contributed by atoms with Gasteiger partial charge in [-0.1, -0.05) is 19.1 Å². The molecule has 1 aromatic heterocycles. The van der Waals surface area contributed by atoms with E-state index in [2.05, 4.69) is 64.1 Å². The molecule has 1 aliphatic heterocycles. The average molecular weight is 371 g/mol. The predicted molar refractivity (Wildman–Crippen MR) is 113 cm³/mol. The largest absolute Gasteiger partial charge is 0.357 e. The van der Waals surface area contributed by atoms with Crippen LogP contribution >= 0.6 is 0 Å². The number of likely N-dealkylation sites (N-methyl/N-ethyl adjacent to an activating group) is 1. The summed E-state index contributed by atoms with van der Waals surface area (Å²) in [6, 6.07) is 8.96. The molecule has 1 atom stereocenters. The second kappa shape index (κ2) is 9.74. The fourth-order valence-corrected chi connectivity index (χ4v) is 3.98. The number of fused-ring (bicyclic) bond motifs is 1. The Hall–Kier alpha value is -2.08. The van der Waals surface area contributed by atoms with Gasteiger partial charge in [-0.2, -0.15) is 0 Å². The van der Waals surface area contributed by atoms with Crippen molar-refractivity contribution in [3.63, 3.8) is 0 Å². The Bertz CT molecular complexity index is 750. The zero-order chi connectivity index (χ0) is 19.1. The summed E-state index contributed by atoms with van der Waals surface area (Å²) in [4.78, 5) is 12.0. The van der Waals surface area contributed by atoms with Gasteiger partial charge in [-0.05, 0) is 58.3 Å². The van der Waals surface area contributed by atoms with E-state index in [9.17, 15) is 0 Å². The van der Waals surface area contributed by atoms with Crippen LogP contribution in [0.4, 0.5) is 0 Å². The molecule has 1 saturated heterocycles. The molecule has 27 heavy (non-hydrogen) atoms. The van der Waals surface area contributed by atoms with Crippen molar-refractivity contribution in [2.45, 2.75) is 52.6 Å². The number of hydrogen-bond donors (Lipinski definition) is 2. The lowest BCUT2D eigenvalue weighted by molar-refractivity contribution is 0.273. The molecule has 2 heterocycles. The fourth-order valence-electron chi connectivity index (χ4n) is 3.98. The summed E-state index contributed by atoms with van der Waals surface area (Å²) in [5.41, 5.74) is 2.30. The molecular formula is C21H34N6. The highest BCUT2D eigenvalue weighted by Crippen LogP contribution is 2.17. The van der Waals surface area contributed by atoms with Gasteiger partial charge in [0.25, 0.3) is 0 Å². The third kappa shape index (κ3) is 5.01. The average Bonchev–Trinajstić information content (AvgIpc) is 3.26. The molecule has 3 rings (SSSR count). The summed E-state index contributed by atoms with van der Waals surface area (Å²) in [5, 5.41) is 6.87. The fraction of sp³-hybridized carbons (Fsp3) is 0.619. The van der Waals surface area contributed by atoms with E-state index in [0.29, 0.717) is 6.04 Å². The van der Waals surface area contributed by atoms with E-state index < -0.39 is 0 Å². The van der Waals surface area contributed by atoms with Crippen LogP contribution < -0.4 is 10.6 Å². The van der Waals surface area contributed by atoms with Crippen molar-refractivity contribution in [2.75, 3.05) is 32.7 Å². The van der Waals surface area contributed by atoms with Gasteiger partial charge < -0.3 is 15.2 Å². The van der Waals surface area contributed by atoms with Crippen molar-refractivity contribution in [3.05, 3.63) is 30.1 Å². The number of para-hydroxylation sites is 2. The number of benzene rings is 1. The number of rotatable bonds is 8. The number of aryl methyl sites for hydroxylation is 2. The first-order valence-electron chi connectivity index (χ1n) is 10.4. The van der Waals surface area contributed by atoms with Crippen LogP contribution in [0.2, 0.25) is 0 Å². The Morgan fingerprint density at radius 2 is 2.11 bits per heavy atom. The molecule has 6 heteroatoms. The molecule has 0 amide bonds. The molecule has 1 fully saturated rings. The van der Waals surface area contributed by atoms with Gasteiger partial charge in [0.2, 0.25) is 0 Å². The third-order valence-corrected chi connectivity index (χ3v) is 5.41. The normalized spacial score (nSPS) is 18.3. The lowest BCUT2D eigenvalue weighted by Gasteiger charge is -2.21. The summed E-state index contributed by atoms with van der Waals surface area (Å²) in [7, 11) is 0. The van der Waals surface area contributed by atoms with Crippen LogP contribution in [0.5, 0.6) is 0 Å². The van der Waals surface area contributed by atoms with Crippen molar-refractivity contribution in [1.29, 1.82) is 0 Å². The van der Waals surface area contributed by atoms with Gasteiger partial charge in [-0.3, -0.25) is 9.89 Å². The SMILES string of the molecule is CCNC(=NCC1CCCN1CC)NCCCn1c(C)nc2ccccc21. The first-order chi connectivity index (χ1) is 13.2. The third-order valence-electron chi connectivity index (χ3n) is 5.41. The second-order valence-corrected chi connectivity index (χ2v) is 7.22. The molecule has 1 aromatic carbocycles. The van der Waals surface area contributed by atoms with E-state index in [1.165, 1.54) is 24.9 Å². The number of hydrogen-bond acceptors (Lipinski definition) is 3. The maximum Gasteiger partial charge on any atom is 0.191 e. The first-order valence-corrected chi connectivity index (χ1v) is 10.4. The summed E-state index contributed by atoms with van der Waals surface area (Å²) in [5.74, 6) is 2.02. The second-order valence-electron chi connectivity index (χ2n) is 7.22. The maximum absolute atomic E-state index is 4.83. The van der Waals surface area contributed by atoms with Crippen molar-refractivity contribution in [1.82, 2.24) is 25.1 Å². The van der Waals surface area contributed by atoms with Crippen molar-refractivity contribution >= 4 is 17.0 Å². The smallest absolute Gasteiger partial charge is 0.191 e. The first kappa shape index (κ1) is 19.7. The number of guanidine groups is 1. The van der Waals surface area contributed by atoms with E-state index >= 15 is 0 Å². The van der Waals surface area contributed by atoms with Crippen LogP contribution in [0, 0.1) is 6.92 Å². The molecule has 0 radical (unpaired) electrons. The number of nitrogens with one attached hydrogen (secondary N) is 2. The highest BCUT2D eigenvalue weighted by molar-refractivity contribution is 5.79. The molecule has 6 nitrogen and oxygen atoms in total. The van der Waals surface area contributed by atoms with E-state index in [1.54, 1.807) is 0 Å². The standard InChI is InChI=1S/C21H34N6/c1-4-22-21(24-16-18-10-8-14-26(18)5-2)23-13-9-15-27-17(3)25-19-11-6-7-12-20(19)27/h6-7,11-12,18H,4-5,8-10,13-16H2,1-3H3,(H2,22,23,24). The lowest BCUT2D eigenvalue weighted by atomic mass is 10.2. The zero-order valence-electron chi connectivity index (χ0n) is 17.0. The van der Waals surface area contributed by atoms with E-state index in [0.717, 1.165) is 56.4 Å². The molecule has 0 bridgehead atoms. The Balaban J connectivity index is 1.50. The van der Waals surface area contributed by atoms with Crippen LogP contribution in [-0.4, -0.2) is 59.2 Å². The number of likely N-dealkylation sites (tertiary alicyclic amines) is 1. The molecule has 0 saturated carbocycles. The number of imidazole rings is 1. The molecule has 0 spiro atoms. The van der Waals surface area contributed by atoms with Gasteiger partial charge in [-0.25, -0.2) is 4.98 Å². The van der Waals surface area contributed by atoms with Crippen LogP contribution in [0.25, 0.3) is 11.0 Å². The number of aliphatic imine (C=N–C) groups is 1. The van der Waals surface area contributed by atoms with Gasteiger partial charge >= 0.3 is 0 Å². The Morgan fingerprint density at radius 1 is 1.26 bits per heavy atom. The van der Waals surface area contributed by atoms with E-state index in [4.69, 9.17) is 4.99 Å². The van der Waals surface area contributed by atoms with Gasteiger partial charge in [0.15, 0.2) is 5.96 Å². The van der Waals surface area contributed by atoms with E-state index in [-0.39, 0.29) is 0 Å². The molecule has 0 aliphatic carbocycles. The summed E-state index contributed by atoms with van der Waals surface area (Å²) >= 11 is 0. The molecule has 1 aliphatic rings. The topological polar surface area (TPSA) is 57.5 Å². The summed E-state index contributed by atoms with van der Waals surface area (Å²) in [6.07, 6.45) is 3.61. The molecule has 2 aromatic rings. The molecular weight excluding hydrogens is 336 g/mol. The minimum atomic E-state index is 0.602. The summed E-state index contributed by atoms with van der Waals surface area (Å²) in [6.45, 7) is 12.4.